The van der Waals surface area contributed by atoms with E-state index in [1.165, 1.54) is 5.69 Å². The number of hydrogen-bond acceptors (Lipinski definition) is 6. The molecule has 3 aromatic rings. The lowest BCUT2D eigenvalue weighted by Crippen LogP contribution is -2.30. The van der Waals surface area contributed by atoms with Crippen molar-refractivity contribution in [1.29, 1.82) is 0 Å². The molecule has 0 bridgehead atoms. The molecule has 1 amide bonds. The summed E-state index contributed by atoms with van der Waals surface area (Å²) in [4.78, 5) is 18.5. The van der Waals surface area contributed by atoms with Gasteiger partial charge in [-0.2, -0.15) is 4.98 Å². The maximum atomic E-state index is 12.0. The summed E-state index contributed by atoms with van der Waals surface area (Å²) in [5, 5.41) is 6.80. The molecular weight excluding hydrogens is 344 g/mol. The van der Waals surface area contributed by atoms with Gasteiger partial charge in [0.05, 0.1) is 6.26 Å². The molecule has 27 heavy (non-hydrogen) atoms. The fourth-order valence-corrected chi connectivity index (χ4v) is 2.78. The third-order valence-electron chi connectivity index (χ3n) is 4.21. The number of anilines is 1. The van der Waals surface area contributed by atoms with Gasteiger partial charge in [-0.1, -0.05) is 23.4 Å². The summed E-state index contributed by atoms with van der Waals surface area (Å²) in [6.45, 7) is 4.61. The number of nitrogens with zero attached hydrogens (tertiary/aromatic N) is 3. The second-order valence-corrected chi connectivity index (χ2v) is 6.11. The molecule has 3 rings (SSSR count). The number of aryl methyl sites for hydroxylation is 1. The van der Waals surface area contributed by atoms with Crippen LogP contribution in [0, 0.1) is 0 Å². The molecule has 0 saturated heterocycles. The molecule has 0 radical (unpaired) electrons. The van der Waals surface area contributed by atoms with Gasteiger partial charge in [-0.15, -0.1) is 0 Å². The number of hydrogen-bond donors (Lipinski definition) is 1. The molecule has 0 atom stereocenters. The Hall–Kier alpha value is -3.09. The second kappa shape index (κ2) is 9.56. The van der Waals surface area contributed by atoms with Gasteiger partial charge in [-0.3, -0.25) is 4.79 Å². The van der Waals surface area contributed by atoms with E-state index in [0.717, 1.165) is 19.5 Å². The van der Waals surface area contributed by atoms with Crippen LogP contribution in [0.25, 0.3) is 11.6 Å². The van der Waals surface area contributed by atoms with Gasteiger partial charge in [0.2, 0.25) is 17.6 Å². The zero-order valence-electron chi connectivity index (χ0n) is 15.4. The average Bonchev–Trinajstić information content (AvgIpc) is 3.39. The predicted molar refractivity (Wildman–Crippen MR) is 102 cm³/mol. The SMILES string of the molecule is CCN(CCCNC(=O)CCc1nc(-c2ccco2)no1)c1ccccc1. The standard InChI is InChI=1S/C20H24N4O3/c1-2-24(16-8-4-3-5-9-16)14-7-13-21-18(25)11-12-19-22-20(23-27-19)17-10-6-15-26-17/h3-6,8-10,15H,2,7,11-14H2,1H3,(H,21,25). The molecule has 7 nitrogen and oxygen atoms in total. The van der Waals surface area contributed by atoms with Crippen LogP contribution < -0.4 is 10.2 Å². The van der Waals surface area contributed by atoms with Crippen molar-refractivity contribution in [3.05, 3.63) is 54.6 Å². The first-order valence-electron chi connectivity index (χ1n) is 9.19. The largest absolute Gasteiger partial charge is 0.461 e. The predicted octanol–water partition coefficient (Wildman–Crippen LogP) is 3.30. The molecular formula is C20H24N4O3. The number of carbonyl (C=O) groups excluding carboxylic acids is 1. The summed E-state index contributed by atoms with van der Waals surface area (Å²) in [6, 6.07) is 13.8. The molecule has 0 saturated carbocycles. The van der Waals surface area contributed by atoms with Gasteiger partial charge in [-0.25, -0.2) is 0 Å². The van der Waals surface area contributed by atoms with E-state index in [-0.39, 0.29) is 5.91 Å². The maximum absolute atomic E-state index is 12.0. The molecule has 7 heteroatoms. The van der Waals surface area contributed by atoms with E-state index in [1.807, 2.05) is 18.2 Å². The first-order chi connectivity index (χ1) is 13.3. The number of furan rings is 1. The third kappa shape index (κ3) is 5.44. The van der Waals surface area contributed by atoms with Crippen LogP contribution in [-0.2, 0) is 11.2 Å². The Balaban J connectivity index is 1.35. The van der Waals surface area contributed by atoms with E-state index in [2.05, 4.69) is 39.4 Å². The number of amides is 1. The van der Waals surface area contributed by atoms with E-state index in [9.17, 15) is 4.79 Å². The zero-order chi connectivity index (χ0) is 18.9. The van der Waals surface area contributed by atoms with Gasteiger partial charge >= 0.3 is 0 Å². The minimum atomic E-state index is -0.0180. The van der Waals surface area contributed by atoms with Crippen molar-refractivity contribution >= 4 is 11.6 Å². The first kappa shape index (κ1) is 18.7. The fourth-order valence-electron chi connectivity index (χ4n) is 2.78. The smallest absolute Gasteiger partial charge is 0.238 e. The molecule has 0 spiro atoms. The second-order valence-electron chi connectivity index (χ2n) is 6.11. The Labute approximate surface area is 158 Å². The lowest BCUT2D eigenvalue weighted by molar-refractivity contribution is -0.121. The quantitative estimate of drug-likeness (QED) is 0.553. The van der Waals surface area contributed by atoms with Crippen LogP contribution >= 0.6 is 0 Å². The van der Waals surface area contributed by atoms with Crippen molar-refractivity contribution < 1.29 is 13.7 Å². The van der Waals surface area contributed by atoms with Crippen LogP contribution in [-0.4, -0.2) is 35.7 Å². The van der Waals surface area contributed by atoms with Gasteiger partial charge in [0.1, 0.15) is 0 Å². The lowest BCUT2D eigenvalue weighted by Gasteiger charge is -2.23. The third-order valence-corrected chi connectivity index (χ3v) is 4.21. The normalized spacial score (nSPS) is 10.7. The van der Waals surface area contributed by atoms with Crippen LogP contribution in [0.4, 0.5) is 5.69 Å². The van der Waals surface area contributed by atoms with Gasteiger partial charge in [0.15, 0.2) is 5.76 Å². The summed E-state index contributed by atoms with van der Waals surface area (Å²) in [5.41, 5.74) is 1.20. The summed E-state index contributed by atoms with van der Waals surface area (Å²) < 4.78 is 10.4. The number of para-hydroxylation sites is 1. The molecule has 2 heterocycles. The molecule has 0 fully saturated rings. The molecule has 0 aliphatic carbocycles. The maximum Gasteiger partial charge on any atom is 0.238 e. The number of benzene rings is 1. The molecule has 0 aliphatic rings. The van der Waals surface area contributed by atoms with E-state index < -0.39 is 0 Å². The molecule has 0 unspecified atom stereocenters. The molecule has 2 aromatic heterocycles. The molecule has 0 aliphatic heterocycles. The van der Waals surface area contributed by atoms with Crippen molar-refractivity contribution in [2.45, 2.75) is 26.2 Å². The van der Waals surface area contributed by atoms with Crippen LogP contribution in [0.5, 0.6) is 0 Å². The highest BCUT2D eigenvalue weighted by molar-refractivity contribution is 5.76. The van der Waals surface area contributed by atoms with E-state index in [4.69, 9.17) is 8.94 Å². The monoisotopic (exact) mass is 368 g/mol. The Morgan fingerprint density at radius 2 is 2.04 bits per heavy atom. The number of carbonyl (C=O) groups is 1. The van der Waals surface area contributed by atoms with Crippen LogP contribution in [0.3, 0.4) is 0 Å². The summed E-state index contributed by atoms with van der Waals surface area (Å²) in [7, 11) is 0. The topological polar surface area (TPSA) is 84.4 Å². The highest BCUT2D eigenvalue weighted by atomic mass is 16.5. The summed E-state index contributed by atoms with van der Waals surface area (Å²) in [5.74, 6) is 1.36. The number of aromatic nitrogens is 2. The first-order valence-corrected chi connectivity index (χ1v) is 9.19. The highest BCUT2D eigenvalue weighted by Gasteiger charge is 2.12. The van der Waals surface area contributed by atoms with Crippen molar-refractivity contribution in [1.82, 2.24) is 15.5 Å². The number of rotatable bonds is 10. The van der Waals surface area contributed by atoms with E-state index in [0.29, 0.717) is 36.9 Å². The molecule has 142 valence electrons. The zero-order valence-corrected chi connectivity index (χ0v) is 15.4. The Morgan fingerprint density at radius 3 is 2.78 bits per heavy atom. The van der Waals surface area contributed by atoms with E-state index >= 15 is 0 Å². The van der Waals surface area contributed by atoms with Crippen LogP contribution in [0.15, 0.2) is 57.7 Å². The minimum Gasteiger partial charge on any atom is -0.461 e. The number of nitrogens with one attached hydrogen (secondary N) is 1. The van der Waals surface area contributed by atoms with E-state index in [1.54, 1.807) is 18.4 Å². The van der Waals surface area contributed by atoms with Gasteiger partial charge < -0.3 is 19.2 Å². The van der Waals surface area contributed by atoms with Crippen molar-refractivity contribution in [3.8, 4) is 11.6 Å². The van der Waals surface area contributed by atoms with Gasteiger partial charge in [0.25, 0.3) is 0 Å². The summed E-state index contributed by atoms with van der Waals surface area (Å²) in [6.07, 6.45) is 3.16. The molecule has 1 N–H and O–H groups in total. The highest BCUT2D eigenvalue weighted by Crippen LogP contribution is 2.16. The van der Waals surface area contributed by atoms with Crippen molar-refractivity contribution in [2.24, 2.45) is 0 Å². The Bertz CT molecular complexity index is 815. The Morgan fingerprint density at radius 1 is 1.19 bits per heavy atom. The minimum absolute atomic E-state index is 0.0180. The molecule has 1 aromatic carbocycles. The summed E-state index contributed by atoms with van der Waals surface area (Å²) >= 11 is 0. The van der Waals surface area contributed by atoms with Crippen LogP contribution in [0.2, 0.25) is 0 Å². The van der Waals surface area contributed by atoms with Gasteiger partial charge in [0, 0.05) is 38.2 Å². The van der Waals surface area contributed by atoms with Crippen LogP contribution in [0.1, 0.15) is 25.7 Å². The average molecular weight is 368 g/mol. The lowest BCUT2D eigenvalue weighted by atomic mass is 10.2. The van der Waals surface area contributed by atoms with Crippen molar-refractivity contribution in [2.75, 3.05) is 24.5 Å². The Kier molecular flexibility index (Phi) is 6.62. The fraction of sp³-hybridized carbons (Fsp3) is 0.350. The van der Waals surface area contributed by atoms with Crippen molar-refractivity contribution in [3.63, 3.8) is 0 Å². The van der Waals surface area contributed by atoms with Gasteiger partial charge in [-0.05, 0) is 37.6 Å².